The maximum absolute atomic E-state index is 12.1. The van der Waals surface area contributed by atoms with Crippen LogP contribution in [-0.4, -0.2) is 27.1 Å². The Kier molecular flexibility index (Phi) is 3.86. The Morgan fingerprint density at radius 3 is 2.96 bits per heavy atom. The maximum Gasteiger partial charge on any atom is 0.274 e. The van der Waals surface area contributed by atoms with Crippen molar-refractivity contribution in [2.75, 3.05) is 0 Å². The van der Waals surface area contributed by atoms with E-state index in [0.29, 0.717) is 21.5 Å². The molecule has 0 saturated carbocycles. The van der Waals surface area contributed by atoms with Gasteiger partial charge in [0, 0.05) is 17.4 Å². The van der Waals surface area contributed by atoms with Crippen molar-refractivity contribution in [3.05, 3.63) is 77.3 Å². The first kappa shape index (κ1) is 15.5. The number of rotatable bonds is 4. The quantitative estimate of drug-likeness (QED) is 0.340. The lowest BCUT2D eigenvalue weighted by atomic mass is 10.2. The molecule has 0 spiro atoms. The van der Waals surface area contributed by atoms with Gasteiger partial charge in [0.2, 0.25) is 11.0 Å². The molecule has 128 valence electrons. The number of para-hydroxylation sites is 1. The van der Waals surface area contributed by atoms with E-state index in [1.165, 1.54) is 12.4 Å². The number of carbonyl (C=O) groups is 1. The molecule has 2 heterocycles. The number of hydrazone groups is 1. The average molecular weight is 348 g/mol. The molecule has 1 amide bonds. The van der Waals surface area contributed by atoms with E-state index in [2.05, 4.69) is 25.4 Å². The third-order valence-corrected chi connectivity index (χ3v) is 3.65. The number of nitrogens with one attached hydrogen (secondary N) is 1. The number of hydrogen-bond acceptors (Lipinski definition) is 6. The molecule has 0 aliphatic heterocycles. The standard InChI is InChI=1S/C17H12N6O3/c24-17(13-10-19-22(11-13)14-4-2-1-3-5-14)20-18-9-12-6-7-15-16(8-12)23(25)26-21-15/h1-11H,(H,20,24)/b18-9+. The third kappa shape index (κ3) is 3.00. The molecule has 4 rings (SSSR count). The maximum atomic E-state index is 12.1. The minimum Gasteiger partial charge on any atom is -0.359 e. The number of aromatic nitrogens is 4. The second kappa shape index (κ2) is 6.48. The van der Waals surface area contributed by atoms with Crippen LogP contribution in [0.2, 0.25) is 0 Å². The third-order valence-electron chi connectivity index (χ3n) is 3.65. The summed E-state index contributed by atoms with van der Waals surface area (Å²) in [6, 6.07) is 14.3. The van der Waals surface area contributed by atoms with Gasteiger partial charge in [0.15, 0.2) is 0 Å². The van der Waals surface area contributed by atoms with Gasteiger partial charge in [0.25, 0.3) is 5.91 Å². The summed E-state index contributed by atoms with van der Waals surface area (Å²) in [4.78, 5) is 12.5. The van der Waals surface area contributed by atoms with Crippen LogP contribution in [0, 0.1) is 5.21 Å². The highest BCUT2D eigenvalue weighted by Gasteiger charge is 2.10. The first-order chi connectivity index (χ1) is 12.7. The van der Waals surface area contributed by atoms with Crippen LogP contribution in [0.5, 0.6) is 0 Å². The molecule has 0 aliphatic rings. The van der Waals surface area contributed by atoms with Crippen LogP contribution in [0.1, 0.15) is 15.9 Å². The van der Waals surface area contributed by atoms with Crippen LogP contribution in [0.25, 0.3) is 16.7 Å². The minimum atomic E-state index is -0.395. The Morgan fingerprint density at radius 1 is 1.27 bits per heavy atom. The van der Waals surface area contributed by atoms with Gasteiger partial charge >= 0.3 is 0 Å². The molecule has 2 aromatic carbocycles. The van der Waals surface area contributed by atoms with E-state index in [0.717, 1.165) is 5.69 Å². The highest BCUT2D eigenvalue weighted by molar-refractivity contribution is 5.94. The van der Waals surface area contributed by atoms with Gasteiger partial charge in [-0.2, -0.15) is 10.2 Å². The summed E-state index contributed by atoms with van der Waals surface area (Å²) in [6.45, 7) is 0. The SMILES string of the molecule is O=C(N/N=C/c1ccc2no[n+]([O-])c2c1)c1cnn(-c2ccccc2)c1. The Balaban J connectivity index is 1.45. The van der Waals surface area contributed by atoms with E-state index < -0.39 is 5.91 Å². The van der Waals surface area contributed by atoms with E-state index in [1.54, 1.807) is 29.1 Å². The van der Waals surface area contributed by atoms with Crippen LogP contribution in [0.4, 0.5) is 0 Å². The number of amides is 1. The molecule has 26 heavy (non-hydrogen) atoms. The second-order valence-electron chi connectivity index (χ2n) is 5.39. The normalized spacial score (nSPS) is 11.2. The first-order valence-corrected chi connectivity index (χ1v) is 7.64. The summed E-state index contributed by atoms with van der Waals surface area (Å²) in [5, 5.41) is 23.0. The van der Waals surface area contributed by atoms with Crippen molar-refractivity contribution >= 4 is 23.2 Å². The zero-order valence-electron chi connectivity index (χ0n) is 13.3. The summed E-state index contributed by atoms with van der Waals surface area (Å²) in [5.74, 6) is -0.395. The van der Waals surface area contributed by atoms with Gasteiger partial charge in [-0.05, 0) is 34.7 Å². The molecule has 2 aromatic heterocycles. The molecular weight excluding hydrogens is 336 g/mol. The van der Waals surface area contributed by atoms with Gasteiger partial charge in [-0.1, -0.05) is 18.2 Å². The highest BCUT2D eigenvalue weighted by atomic mass is 16.8. The van der Waals surface area contributed by atoms with Crippen LogP contribution >= 0.6 is 0 Å². The fraction of sp³-hybridized carbons (Fsp3) is 0. The highest BCUT2D eigenvalue weighted by Crippen LogP contribution is 2.09. The predicted molar refractivity (Wildman–Crippen MR) is 91.6 cm³/mol. The van der Waals surface area contributed by atoms with E-state index in [4.69, 9.17) is 0 Å². The number of hydrogen-bond donors (Lipinski definition) is 1. The Hall–Kier alpha value is -4.01. The van der Waals surface area contributed by atoms with E-state index in [-0.39, 0.29) is 5.52 Å². The number of nitrogens with zero attached hydrogens (tertiary/aromatic N) is 5. The van der Waals surface area contributed by atoms with Crippen molar-refractivity contribution in [1.82, 2.24) is 20.4 Å². The first-order valence-electron chi connectivity index (χ1n) is 7.64. The molecule has 9 nitrogen and oxygen atoms in total. The Labute approximate surface area is 146 Å². The molecule has 1 N–H and O–H groups in total. The summed E-state index contributed by atoms with van der Waals surface area (Å²) < 4.78 is 6.10. The summed E-state index contributed by atoms with van der Waals surface area (Å²) in [6.07, 6.45) is 4.50. The molecule has 0 radical (unpaired) electrons. The van der Waals surface area contributed by atoms with Gasteiger partial charge in [0.1, 0.15) is 0 Å². The average Bonchev–Trinajstić information content (AvgIpc) is 3.30. The zero-order valence-corrected chi connectivity index (χ0v) is 13.3. The van der Waals surface area contributed by atoms with Gasteiger partial charge in [-0.15, -0.1) is 0 Å². The zero-order chi connectivity index (χ0) is 17.9. The predicted octanol–water partition coefficient (Wildman–Crippen LogP) is 1.41. The Morgan fingerprint density at radius 2 is 2.12 bits per heavy atom. The number of benzene rings is 2. The van der Waals surface area contributed by atoms with Gasteiger partial charge in [-0.3, -0.25) is 9.42 Å². The van der Waals surface area contributed by atoms with Crippen LogP contribution in [0.3, 0.4) is 0 Å². The molecule has 4 aromatic rings. The summed E-state index contributed by atoms with van der Waals surface area (Å²) in [5.41, 5.74) is 4.98. The van der Waals surface area contributed by atoms with Crippen molar-refractivity contribution in [3.63, 3.8) is 0 Å². The minimum absolute atomic E-state index is 0.282. The lowest BCUT2D eigenvalue weighted by Gasteiger charge is -1.99. The van der Waals surface area contributed by atoms with Crippen LogP contribution in [0.15, 0.2) is 70.7 Å². The van der Waals surface area contributed by atoms with Gasteiger partial charge in [-0.25, -0.2) is 10.1 Å². The monoisotopic (exact) mass is 348 g/mol. The van der Waals surface area contributed by atoms with Crippen molar-refractivity contribution in [2.24, 2.45) is 5.10 Å². The fourth-order valence-corrected chi connectivity index (χ4v) is 2.36. The van der Waals surface area contributed by atoms with E-state index >= 15 is 0 Å². The van der Waals surface area contributed by atoms with Crippen LogP contribution < -0.4 is 10.3 Å². The van der Waals surface area contributed by atoms with Crippen LogP contribution in [-0.2, 0) is 0 Å². The van der Waals surface area contributed by atoms with Gasteiger partial charge in [0.05, 0.1) is 23.7 Å². The smallest absolute Gasteiger partial charge is 0.274 e. The fourth-order valence-electron chi connectivity index (χ4n) is 2.36. The molecule has 9 heteroatoms. The molecule has 0 fully saturated rings. The lowest BCUT2D eigenvalue weighted by molar-refractivity contribution is -0.782. The lowest BCUT2D eigenvalue weighted by Crippen LogP contribution is -2.22. The summed E-state index contributed by atoms with van der Waals surface area (Å²) in [7, 11) is 0. The number of fused-ring (bicyclic) bond motifs is 1. The Bertz CT molecular complexity index is 1100. The number of carbonyl (C=O) groups excluding carboxylic acids is 1. The van der Waals surface area contributed by atoms with E-state index in [1.807, 2.05) is 30.3 Å². The van der Waals surface area contributed by atoms with Crippen molar-refractivity contribution < 1.29 is 14.3 Å². The molecular formula is C17H12N6O3. The van der Waals surface area contributed by atoms with E-state index in [9.17, 15) is 10.0 Å². The van der Waals surface area contributed by atoms with Gasteiger partial charge < -0.3 is 5.21 Å². The molecule has 0 unspecified atom stereocenters. The molecule has 0 saturated heterocycles. The molecule has 0 atom stereocenters. The summed E-state index contributed by atoms with van der Waals surface area (Å²) >= 11 is 0. The molecule has 0 aliphatic carbocycles. The van der Waals surface area contributed by atoms with Crippen molar-refractivity contribution in [2.45, 2.75) is 0 Å². The topological polar surface area (TPSA) is 112 Å². The second-order valence-corrected chi connectivity index (χ2v) is 5.39. The largest absolute Gasteiger partial charge is 0.359 e. The van der Waals surface area contributed by atoms with Crippen molar-refractivity contribution in [3.8, 4) is 5.69 Å². The molecule has 0 bridgehead atoms. The van der Waals surface area contributed by atoms with Crippen molar-refractivity contribution in [1.29, 1.82) is 0 Å².